The molecule has 2 nitrogen and oxygen atoms in total. The van der Waals surface area contributed by atoms with Gasteiger partial charge in [-0.1, -0.05) is 25.7 Å². The molecule has 1 aliphatic heterocycles. The molecule has 2 saturated carbocycles. The Bertz CT molecular complexity index is 183. The average molecular weight is 208 g/mol. The Morgan fingerprint density at radius 2 is 1.00 bits per heavy atom. The molecule has 0 aromatic rings. The quantitative estimate of drug-likeness (QED) is 0.688. The van der Waals surface area contributed by atoms with Gasteiger partial charge in [-0.15, -0.1) is 0 Å². The highest BCUT2D eigenvalue weighted by molar-refractivity contribution is 4.86. The molecule has 0 aromatic carbocycles. The van der Waals surface area contributed by atoms with Crippen LogP contribution in [0.2, 0.25) is 0 Å². The zero-order valence-corrected chi connectivity index (χ0v) is 9.83. The minimum Gasteiger partial charge on any atom is -0.286 e. The van der Waals surface area contributed by atoms with Gasteiger partial charge in [-0.25, -0.2) is 0 Å². The lowest BCUT2D eigenvalue weighted by molar-refractivity contribution is 0.162. The van der Waals surface area contributed by atoms with Gasteiger partial charge in [0.05, 0.1) is 6.67 Å². The van der Waals surface area contributed by atoms with Crippen LogP contribution in [-0.4, -0.2) is 41.6 Å². The summed E-state index contributed by atoms with van der Waals surface area (Å²) in [5.74, 6) is 0. The topological polar surface area (TPSA) is 6.48 Å². The lowest BCUT2D eigenvalue weighted by Gasteiger charge is -2.26. The van der Waals surface area contributed by atoms with Crippen molar-refractivity contribution < 1.29 is 0 Å². The summed E-state index contributed by atoms with van der Waals surface area (Å²) in [5, 5.41) is 0. The van der Waals surface area contributed by atoms with E-state index in [-0.39, 0.29) is 0 Å². The molecule has 0 bridgehead atoms. The van der Waals surface area contributed by atoms with Crippen molar-refractivity contribution in [1.29, 1.82) is 0 Å². The smallest absolute Gasteiger partial charge is 0.0512 e. The predicted molar refractivity (Wildman–Crippen MR) is 62.8 cm³/mol. The SMILES string of the molecule is C1CCC(N2CCN(C3CCCC3)C2)C1. The molecule has 1 heterocycles. The van der Waals surface area contributed by atoms with E-state index in [0.29, 0.717) is 0 Å². The molecule has 0 amide bonds. The maximum atomic E-state index is 2.76. The normalized spacial score (nSPS) is 32.0. The first-order valence-corrected chi connectivity index (χ1v) is 6.91. The summed E-state index contributed by atoms with van der Waals surface area (Å²) in [5.41, 5.74) is 0. The number of hydrogen-bond acceptors (Lipinski definition) is 2. The largest absolute Gasteiger partial charge is 0.286 e. The summed E-state index contributed by atoms with van der Waals surface area (Å²) in [6, 6.07) is 1.88. The maximum absolute atomic E-state index is 2.76. The lowest BCUT2D eigenvalue weighted by atomic mass is 10.2. The van der Waals surface area contributed by atoms with E-state index in [1.54, 1.807) is 0 Å². The van der Waals surface area contributed by atoms with Gasteiger partial charge in [0.1, 0.15) is 0 Å². The van der Waals surface area contributed by atoms with Crippen LogP contribution >= 0.6 is 0 Å². The monoisotopic (exact) mass is 208 g/mol. The van der Waals surface area contributed by atoms with Gasteiger partial charge in [-0.3, -0.25) is 9.80 Å². The van der Waals surface area contributed by atoms with Gasteiger partial charge in [0.15, 0.2) is 0 Å². The van der Waals surface area contributed by atoms with Gasteiger partial charge in [-0.2, -0.15) is 0 Å². The second-order valence-corrected chi connectivity index (χ2v) is 5.64. The molecule has 1 saturated heterocycles. The molecule has 3 aliphatic rings. The van der Waals surface area contributed by atoms with Crippen molar-refractivity contribution >= 4 is 0 Å². The van der Waals surface area contributed by atoms with E-state index in [2.05, 4.69) is 9.80 Å². The summed E-state index contributed by atoms with van der Waals surface area (Å²) in [7, 11) is 0. The molecule has 2 aliphatic carbocycles. The number of hydrogen-bond donors (Lipinski definition) is 0. The minimum atomic E-state index is 0.941. The van der Waals surface area contributed by atoms with Crippen molar-refractivity contribution in [2.24, 2.45) is 0 Å². The van der Waals surface area contributed by atoms with E-state index in [9.17, 15) is 0 Å². The molecule has 3 rings (SSSR count). The fourth-order valence-electron chi connectivity index (χ4n) is 3.77. The zero-order chi connectivity index (χ0) is 10.1. The Balaban J connectivity index is 1.53. The Morgan fingerprint density at radius 3 is 1.40 bits per heavy atom. The van der Waals surface area contributed by atoms with Crippen LogP contribution in [0.25, 0.3) is 0 Å². The van der Waals surface area contributed by atoms with Crippen LogP contribution < -0.4 is 0 Å². The van der Waals surface area contributed by atoms with Crippen LogP contribution in [-0.2, 0) is 0 Å². The van der Waals surface area contributed by atoms with E-state index in [0.717, 1.165) is 12.1 Å². The second kappa shape index (κ2) is 4.42. The zero-order valence-electron chi connectivity index (χ0n) is 9.83. The molecule has 0 spiro atoms. The number of rotatable bonds is 2. The summed E-state index contributed by atoms with van der Waals surface area (Å²) >= 11 is 0. The van der Waals surface area contributed by atoms with Crippen molar-refractivity contribution in [2.75, 3.05) is 19.8 Å². The Labute approximate surface area is 93.6 Å². The molecule has 0 unspecified atom stereocenters. The summed E-state index contributed by atoms with van der Waals surface area (Å²) in [6.45, 7) is 3.98. The van der Waals surface area contributed by atoms with Crippen molar-refractivity contribution in [3.63, 3.8) is 0 Å². The van der Waals surface area contributed by atoms with Crippen LogP contribution in [0.5, 0.6) is 0 Å². The third-order valence-corrected chi connectivity index (χ3v) is 4.72. The third-order valence-electron chi connectivity index (χ3n) is 4.72. The van der Waals surface area contributed by atoms with Gasteiger partial charge in [0.2, 0.25) is 0 Å². The van der Waals surface area contributed by atoms with Crippen LogP contribution in [0.1, 0.15) is 51.4 Å². The maximum Gasteiger partial charge on any atom is 0.0512 e. The molecule has 2 heteroatoms. The van der Waals surface area contributed by atoms with Crippen molar-refractivity contribution in [3.05, 3.63) is 0 Å². The molecular weight excluding hydrogens is 184 g/mol. The highest BCUT2D eigenvalue weighted by Gasteiger charge is 2.32. The van der Waals surface area contributed by atoms with E-state index in [4.69, 9.17) is 0 Å². The van der Waals surface area contributed by atoms with Gasteiger partial charge < -0.3 is 0 Å². The standard InChI is InChI=1S/C13H24N2/c1-2-6-12(5-1)14-9-10-15(11-14)13-7-3-4-8-13/h12-13H,1-11H2. The lowest BCUT2D eigenvalue weighted by Crippen LogP contribution is -2.36. The van der Waals surface area contributed by atoms with Crippen molar-refractivity contribution in [2.45, 2.75) is 63.5 Å². The van der Waals surface area contributed by atoms with Gasteiger partial charge in [0.25, 0.3) is 0 Å². The first kappa shape index (κ1) is 10.1. The average Bonchev–Trinajstić information content (AvgIpc) is 3.02. The molecule has 0 aromatic heterocycles. The van der Waals surface area contributed by atoms with E-state index in [1.165, 1.54) is 71.1 Å². The Morgan fingerprint density at radius 1 is 0.600 bits per heavy atom. The molecule has 0 radical (unpaired) electrons. The van der Waals surface area contributed by atoms with E-state index >= 15 is 0 Å². The summed E-state index contributed by atoms with van der Waals surface area (Å²) in [4.78, 5) is 5.51. The summed E-state index contributed by atoms with van der Waals surface area (Å²) < 4.78 is 0. The first-order chi connectivity index (χ1) is 7.43. The van der Waals surface area contributed by atoms with Crippen LogP contribution in [0.4, 0.5) is 0 Å². The highest BCUT2D eigenvalue weighted by Crippen LogP contribution is 2.29. The van der Waals surface area contributed by atoms with Gasteiger partial charge >= 0.3 is 0 Å². The molecule has 3 fully saturated rings. The third kappa shape index (κ3) is 2.07. The van der Waals surface area contributed by atoms with Crippen molar-refractivity contribution in [3.8, 4) is 0 Å². The van der Waals surface area contributed by atoms with Crippen LogP contribution in [0, 0.1) is 0 Å². The molecule has 0 N–H and O–H groups in total. The minimum absolute atomic E-state index is 0.941. The fourth-order valence-corrected chi connectivity index (χ4v) is 3.77. The number of nitrogens with zero attached hydrogens (tertiary/aromatic N) is 2. The Hall–Kier alpha value is -0.0800. The van der Waals surface area contributed by atoms with E-state index < -0.39 is 0 Å². The van der Waals surface area contributed by atoms with Crippen LogP contribution in [0.15, 0.2) is 0 Å². The molecule has 86 valence electrons. The van der Waals surface area contributed by atoms with E-state index in [1.807, 2.05) is 0 Å². The highest BCUT2D eigenvalue weighted by atomic mass is 15.4. The summed E-state index contributed by atoms with van der Waals surface area (Å²) in [6.07, 6.45) is 11.8. The van der Waals surface area contributed by atoms with Crippen molar-refractivity contribution in [1.82, 2.24) is 9.80 Å². The first-order valence-electron chi connectivity index (χ1n) is 6.91. The molecule has 0 atom stereocenters. The van der Waals surface area contributed by atoms with Gasteiger partial charge in [-0.05, 0) is 25.7 Å². The predicted octanol–water partition coefficient (Wildman–Crippen LogP) is 2.45. The fraction of sp³-hybridized carbons (Fsp3) is 1.00. The van der Waals surface area contributed by atoms with Gasteiger partial charge in [0, 0.05) is 25.2 Å². The Kier molecular flexibility index (Phi) is 2.98. The molecule has 15 heavy (non-hydrogen) atoms. The van der Waals surface area contributed by atoms with Crippen LogP contribution in [0.3, 0.4) is 0 Å². The second-order valence-electron chi connectivity index (χ2n) is 5.64. The molecular formula is C13H24N2.